The minimum absolute atomic E-state index is 0.0244. The normalized spacial score (nSPS) is 20.9. The van der Waals surface area contributed by atoms with Gasteiger partial charge in [0.15, 0.2) is 0 Å². The van der Waals surface area contributed by atoms with E-state index in [4.69, 9.17) is 25.8 Å². The van der Waals surface area contributed by atoms with Crippen LogP contribution in [0, 0.1) is 13.8 Å². The second-order valence-corrected chi connectivity index (χ2v) is 10.2. The second kappa shape index (κ2) is 11.0. The fourth-order valence-electron chi connectivity index (χ4n) is 4.18. The molecular formula is C24H30ClN3O5S. The van der Waals surface area contributed by atoms with Gasteiger partial charge >= 0.3 is 0 Å². The van der Waals surface area contributed by atoms with Crippen molar-refractivity contribution in [1.29, 1.82) is 0 Å². The van der Waals surface area contributed by atoms with Gasteiger partial charge in [-0.15, -0.1) is 11.3 Å². The molecule has 2 amide bonds. The van der Waals surface area contributed by atoms with Crippen molar-refractivity contribution in [3.8, 4) is 5.75 Å². The van der Waals surface area contributed by atoms with Gasteiger partial charge in [0.05, 0.1) is 49.9 Å². The zero-order valence-electron chi connectivity index (χ0n) is 19.5. The maximum absolute atomic E-state index is 13.2. The summed E-state index contributed by atoms with van der Waals surface area (Å²) in [6, 6.07) is 5.43. The van der Waals surface area contributed by atoms with Crippen LogP contribution >= 0.6 is 22.9 Å². The number of hydrogen-bond donors (Lipinski definition) is 0. The highest BCUT2D eigenvalue weighted by atomic mass is 35.5. The number of morpholine rings is 2. The molecule has 1 atom stereocenters. The maximum Gasteiger partial charge on any atom is 0.228 e. The number of amides is 2. The number of thiazole rings is 1. The zero-order valence-corrected chi connectivity index (χ0v) is 21.1. The zero-order chi connectivity index (χ0) is 24.1. The van der Waals surface area contributed by atoms with Gasteiger partial charge < -0.3 is 24.0 Å². The number of halogens is 1. The van der Waals surface area contributed by atoms with Crippen molar-refractivity contribution in [2.24, 2.45) is 0 Å². The smallest absolute Gasteiger partial charge is 0.228 e. The molecule has 2 aliphatic heterocycles. The van der Waals surface area contributed by atoms with Crippen LogP contribution in [0.3, 0.4) is 0 Å². The first-order valence-corrected chi connectivity index (χ1v) is 12.7. The summed E-state index contributed by atoms with van der Waals surface area (Å²) in [5, 5.41) is 3.50. The predicted molar refractivity (Wildman–Crippen MR) is 130 cm³/mol. The van der Waals surface area contributed by atoms with Crippen molar-refractivity contribution < 1.29 is 23.8 Å². The highest BCUT2D eigenvalue weighted by Gasteiger charge is 2.42. The van der Waals surface area contributed by atoms with E-state index in [-0.39, 0.29) is 37.8 Å². The third-order valence-corrected chi connectivity index (χ3v) is 7.31. The second-order valence-electron chi connectivity index (χ2n) is 8.75. The lowest BCUT2D eigenvalue weighted by molar-refractivity contribution is -0.167. The molecule has 2 aromatic rings. The van der Waals surface area contributed by atoms with Crippen molar-refractivity contribution in [2.75, 3.05) is 52.6 Å². The molecule has 0 aliphatic carbocycles. The summed E-state index contributed by atoms with van der Waals surface area (Å²) < 4.78 is 17.7. The van der Waals surface area contributed by atoms with Crippen LogP contribution in [-0.2, 0) is 25.5 Å². The number of ether oxygens (including phenoxy) is 3. The topological polar surface area (TPSA) is 81.2 Å². The number of aromatic nitrogens is 1. The van der Waals surface area contributed by atoms with E-state index in [1.54, 1.807) is 21.9 Å². The molecular weight excluding hydrogens is 478 g/mol. The number of nitrogens with zero attached hydrogens (tertiary/aromatic N) is 3. The molecule has 0 saturated carbocycles. The monoisotopic (exact) mass is 507 g/mol. The van der Waals surface area contributed by atoms with Gasteiger partial charge in [-0.1, -0.05) is 11.6 Å². The number of rotatable bonds is 7. The summed E-state index contributed by atoms with van der Waals surface area (Å²) in [6.07, 6.45) is 0.355. The summed E-state index contributed by atoms with van der Waals surface area (Å²) in [5.41, 5.74) is 0.717. The van der Waals surface area contributed by atoms with Crippen LogP contribution in [0.1, 0.15) is 22.7 Å². The van der Waals surface area contributed by atoms with Crippen LogP contribution < -0.4 is 4.74 Å². The third kappa shape index (κ3) is 6.27. The highest BCUT2D eigenvalue weighted by molar-refractivity contribution is 7.09. The Morgan fingerprint density at radius 1 is 1.15 bits per heavy atom. The molecule has 3 heterocycles. The van der Waals surface area contributed by atoms with Gasteiger partial charge in [0.25, 0.3) is 0 Å². The Labute approximate surface area is 208 Å². The lowest BCUT2D eigenvalue weighted by Crippen LogP contribution is -2.59. The molecule has 8 nitrogen and oxygen atoms in total. The highest BCUT2D eigenvalue weighted by Crippen LogP contribution is 2.28. The summed E-state index contributed by atoms with van der Waals surface area (Å²) in [7, 11) is 0. The van der Waals surface area contributed by atoms with Crippen molar-refractivity contribution >= 4 is 34.8 Å². The molecule has 2 fully saturated rings. The SMILES string of the molecule is Cc1nc(CC(=O)N2CCO[C@](COc3ccc(Cl)c(C)c3)(CC(=O)N3CCOCC3)C2)cs1. The lowest BCUT2D eigenvalue weighted by Gasteiger charge is -2.43. The first kappa shape index (κ1) is 24.9. The number of aryl methyl sites for hydroxylation is 2. The fraction of sp³-hybridized carbons (Fsp3) is 0.542. The van der Waals surface area contributed by atoms with Gasteiger partial charge in [-0.25, -0.2) is 4.98 Å². The number of hydrogen-bond acceptors (Lipinski definition) is 7. The van der Waals surface area contributed by atoms with Crippen molar-refractivity contribution in [1.82, 2.24) is 14.8 Å². The van der Waals surface area contributed by atoms with E-state index in [0.717, 1.165) is 16.3 Å². The Hall–Kier alpha value is -2.20. The quantitative estimate of drug-likeness (QED) is 0.573. The molecule has 4 rings (SSSR count). The van der Waals surface area contributed by atoms with E-state index in [2.05, 4.69) is 4.98 Å². The molecule has 34 heavy (non-hydrogen) atoms. The van der Waals surface area contributed by atoms with Crippen LogP contribution in [0.5, 0.6) is 5.75 Å². The van der Waals surface area contributed by atoms with Crippen LogP contribution in [0.2, 0.25) is 5.02 Å². The molecule has 1 aromatic carbocycles. The van der Waals surface area contributed by atoms with E-state index in [1.807, 2.05) is 25.3 Å². The molecule has 2 aliphatic rings. The fourth-order valence-corrected chi connectivity index (χ4v) is 4.91. The molecule has 0 unspecified atom stereocenters. The lowest BCUT2D eigenvalue weighted by atomic mass is 9.96. The van der Waals surface area contributed by atoms with Gasteiger partial charge in [0.2, 0.25) is 11.8 Å². The molecule has 0 radical (unpaired) electrons. The van der Waals surface area contributed by atoms with Crippen molar-refractivity contribution in [3.63, 3.8) is 0 Å². The molecule has 0 spiro atoms. The van der Waals surface area contributed by atoms with E-state index in [1.165, 1.54) is 11.3 Å². The average molecular weight is 508 g/mol. The van der Waals surface area contributed by atoms with E-state index >= 15 is 0 Å². The van der Waals surface area contributed by atoms with Crippen molar-refractivity contribution in [2.45, 2.75) is 32.3 Å². The van der Waals surface area contributed by atoms with Crippen LogP contribution in [-0.4, -0.2) is 84.8 Å². The third-order valence-electron chi connectivity index (χ3n) is 6.07. The number of carbonyl (C=O) groups is 2. The van der Waals surface area contributed by atoms with Gasteiger partial charge in [0.1, 0.15) is 18.0 Å². The van der Waals surface area contributed by atoms with Gasteiger partial charge in [-0.05, 0) is 37.6 Å². The minimum Gasteiger partial charge on any atom is -0.490 e. The predicted octanol–water partition coefficient (Wildman–Crippen LogP) is 2.88. The summed E-state index contributed by atoms with van der Waals surface area (Å²) in [4.78, 5) is 34.2. The van der Waals surface area contributed by atoms with E-state index in [9.17, 15) is 9.59 Å². The van der Waals surface area contributed by atoms with Gasteiger partial charge in [-0.3, -0.25) is 9.59 Å². The molecule has 1 aromatic heterocycles. The van der Waals surface area contributed by atoms with Crippen LogP contribution in [0.25, 0.3) is 0 Å². The average Bonchev–Trinajstić information content (AvgIpc) is 3.25. The Morgan fingerprint density at radius 3 is 2.62 bits per heavy atom. The first-order chi connectivity index (χ1) is 16.3. The van der Waals surface area contributed by atoms with Crippen molar-refractivity contribution in [3.05, 3.63) is 44.9 Å². The Morgan fingerprint density at radius 2 is 1.91 bits per heavy atom. The van der Waals surface area contributed by atoms with Crippen LogP contribution in [0.15, 0.2) is 23.6 Å². The Kier molecular flexibility index (Phi) is 8.08. The number of carbonyl (C=O) groups excluding carboxylic acids is 2. The summed E-state index contributed by atoms with van der Waals surface area (Å²) >= 11 is 7.67. The standard InChI is InChI=1S/C24H30ClN3O5S/c1-17-11-20(3-4-21(17)25)32-16-24(13-23(30)27-5-8-31-9-6-27)15-28(7-10-33-24)22(29)12-19-14-34-18(2)26-19/h3-4,11,14H,5-10,12-13,15-16H2,1-2H3/t24-/m1/s1. The number of benzene rings is 1. The minimum atomic E-state index is -0.950. The van der Waals surface area contributed by atoms with Gasteiger partial charge in [-0.2, -0.15) is 0 Å². The Bertz CT molecular complexity index is 1030. The molecule has 0 bridgehead atoms. The molecule has 0 N–H and O–H groups in total. The van der Waals surface area contributed by atoms with E-state index in [0.29, 0.717) is 50.2 Å². The maximum atomic E-state index is 13.2. The molecule has 2 saturated heterocycles. The largest absolute Gasteiger partial charge is 0.490 e. The molecule has 184 valence electrons. The Balaban J connectivity index is 1.49. The summed E-state index contributed by atoms with van der Waals surface area (Å²) in [5.74, 6) is 0.591. The summed E-state index contributed by atoms with van der Waals surface area (Å²) in [6.45, 7) is 7.21. The van der Waals surface area contributed by atoms with Crippen LogP contribution in [0.4, 0.5) is 0 Å². The van der Waals surface area contributed by atoms with Gasteiger partial charge in [0, 0.05) is 30.0 Å². The molecule has 10 heteroatoms. The first-order valence-electron chi connectivity index (χ1n) is 11.4. The van der Waals surface area contributed by atoms with E-state index < -0.39 is 5.60 Å².